The van der Waals surface area contributed by atoms with Crippen LogP contribution in [0.5, 0.6) is 0 Å². The lowest BCUT2D eigenvalue weighted by Gasteiger charge is -2.37. The largest absolute Gasteiger partial charge is 0.478 e. The first-order chi connectivity index (χ1) is 10.1. The van der Waals surface area contributed by atoms with Crippen LogP contribution in [0.1, 0.15) is 48.9 Å². The minimum atomic E-state index is -1.16. The average Bonchev–Trinajstić information content (AvgIpc) is 2.94. The maximum Gasteiger partial charge on any atom is 0.335 e. The van der Waals surface area contributed by atoms with Gasteiger partial charge in [-0.15, -0.1) is 0 Å². The van der Waals surface area contributed by atoms with Crippen molar-refractivity contribution in [3.63, 3.8) is 0 Å². The molecule has 4 nitrogen and oxygen atoms in total. The summed E-state index contributed by atoms with van der Waals surface area (Å²) in [5.41, 5.74) is 0.131. The summed E-state index contributed by atoms with van der Waals surface area (Å²) in [5.74, 6) is -0.979. The van der Waals surface area contributed by atoms with Crippen LogP contribution in [0, 0.1) is 0 Å². The summed E-state index contributed by atoms with van der Waals surface area (Å²) in [6.45, 7) is 0.662. The number of hydrogen-bond acceptors (Lipinski definition) is 3. The highest BCUT2D eigenvalue weighted by Gasteiger charge is 2.41. The molecular formula is C16H20O4S. The Bertz CT molecular complexity index is 563. The van der Waals surface area contributed by atoms with Crippen molar-refractivity contribution >= 4 is 16.8 Å². The fraction of sp³-hybridized carbons (Fsp3) is 0.562. The minimum Gasteiger partial charge on any atom is -0.478 e. The molecule has 3 rings (SSSR count). The lowest BCUT2D eigenvalue weighted by Crippen LogP contribution is -2.41. The predicted octanol–water partition coefficient (Wildman–Crippen LogP) is 2.98. The van der Waals surface area contributed by atoms with Gasteiger partial charge in [0, 0.05) is 16.8 Å². The minimum absolute atomic E-state index is 0.0665. The fourth-order valence-corrected chi connectivity index (χ4v) is 5.09. The molecule has 1 aromatic rings. The molecule has 2 unspecified atom stereocenters. The van der Waals surface area contributed by atoms with Crippen LogP contribution in [0.2, 0.25) is 0 Å². The Morgan fingerprint density at radius 2 is 2.10 bits per heavy atom. The molecule has 0 amide bonds. The SMILES string of the molecule is O=C(O)c1cccc(S(=O)C2CCOC3(CCCC3)C2)c1. The first-order valence-electron chi connectivity index (χ1n) is 7.48. The molecule has 0 radical (unpaired) electrons. The van der Waals surface area contributed by atoms with Gasteiger partial charge in [-0.05, 0) is 43.9 Å². The normalized spacial score (nSPS) is 25.8. The number of aromatic carboxylic acids is 1. The van der Waals surface area contributed by atoms with E-state index < -0.39 is 16.8 Å². The second-order valence-corrected chi connectivity index (χ2v) is 7.72. The molecule has 21 heavy (non-hydrogen) atoms. The van der Waals surface area contributed by atoms with Gasteiger partial charge >= 0.3 is 5.97 Å². The molecule has 1 heterocycles. The van der Waals surface area contributed by atoms with Crippen molar-refractivity contribution in [2.24, 2.45) is 0 Å². The van der Waals surface area contributed by atoms with Crippen LogP contribution in [0.3, 0.4) is 0 Å². The van der Waals surface area contributed by atoms with E-state index in [2.05, 4.69) is 0 Å². The van der Waals surface area contributed by atoms with Crippen LogP contribution in [-0.4, -0.2) is 32.7 Å². The van der Waals surface area contributed by atoms with Crippen molar-refractivity contribution < 1.29 is 18.8 Å². The maximum atomic E-state index is 12.8. The van der Waals surface area contributed by atoms with E-state index in [1.54, 1.807) is 12.1 Å². The Morgan fingerprint density at radius 1 is 1.33 bits per heavy atom. The molecule has 1 saturated carbocycles. The first kappa shape index (κ1) is 14.7. The molecule has 1 aliphatic carbocycles. The van der Waals surface area contributed by atoms with E-state index in [0.717, 1.165) is 25.7 Å². The van der Waals surface area contributed by atoms with Crippen LogP contribution in [0.4, 0.5) is 0 Å². The van der Waals surface area contributed by atoms with E-state index >= 15 is 0 Å². The van der Waals surface area contributed by atoms with Gasteiger partial charge < -0.3 is 9.84 Å². The molecule has 114 valence electrons. The summed E-state index contributed by atoms with van der Waals surface area (Å²) < 4.78 is 18.8. The Kier molecular flexibility index (Phi) is 4.13. The second-order valence-electron chi connectivity index (χ2n) is 5.98. The third kappa shape index (κ3) is 3.04. The Morgan fingerprint density at radius 3 is 2.81 bits per heavy atom. The summed E-state index contributed by atoms with van der Waals surface area (Å²) >= 11 is 0. The Labute approximate surface area is 127 Å². The highest BCUT2D eigenvalue weighted by molar-refractivity contribution is 7.85. The number of hydrogen-bond donors (Lipinski definition) is 1. The molecule has 1 spiro atoms. The van der Waals surface area contributed by atoms with Crippen molar-refractivity contribution in [2.75, 3.05) is 6.61 Å². The van der Waals surface area contributed by atoms with Crippen LogP contribution >= 0.6 is 0 Å². The lowest BCUT2D eigenvalue weighted by molar-refractivity contribution is -0.0708. The number of rotatable bonds is 3. The van der Waals surface area contributed by atoms with Crippen molar-refractivity contribution in [3.8, 4) is 0 Å². The van der Waals surface area contributed by atoms with Gasteiger partial charge in [-0.25, -0.2) is 4.79 Å². The third-order valence-corrected chi connectivity index (χ3v) is 6.30. The molecule has 1 saturated heterocycles. The van der Waals surface area contributed by atoms with Gasteiger partial charge in [-0.2, -0.15) is 0 Å². The van der Waals surface area contributed by atoms with Gasteiger partial charge in [-0.1, -0.05) is 18.9 Å². The van der Waals surface area contributed by atoms with Crippen molar-refractivity contribution in [3.05, 3.63) is 29.8 Å². The third-order valence-electron chi connectivity index (χ3n) is 4.58. The quantitative estimate of drug-likeness (QED) is 0.932. The van der Waals surface area contributed by atoms with Gasteiger partial charge in [0.25, 0.3) is 0 Å². The molecule has 1 aromatic carbocycles. The number of benzene rings is 1. The monoisotopic (exact) mass is 308 g/mol. The zero-order chi connectivity index (χ0) is 14.9. The fourth-order valence-electron chi connectivity index (χ4n) is 3.48. The van der Waals surface area contributed by atoms with Crippen molar-refractivity contribution in [2.45, 2.75) is 54.3 Å². The molecule has 0 bridgehead atoms. The maximum absolute atomic E-state index is 12.8. The molecule has 1 aliphatic heterocycles. The Balaban J connectivity index is 1.78. The predicted molar refractivity (Wildman–Crippen MR) is 80.0 cm³/mol. The summed E-state index contributed by atoms with van der Waals surface area (Å²) in [6, 6.07) is 6.50. The van der Waals surface area contributed by atoms with E-state index in [-0.39, 0.29) is 16.4 Å². The van der Waals surface area contributed by atoms with Crippen molar-refractivity contribution in [1.82, 2.24) is 0 Å². The highest BCUT2D eigenvalue weighted by atomic mass is 32.2. The van der Waals surface area contributed by atoms with Gasteiger partial charge in [-0.3, -0.25) is 4.21 Å². The molecule has 0 aromatic heterocycles. The van der Waals surface area contributed by atoms with Gasteiger partial charge in [0.15, 0.2) is 0 Å². The van der Waals surface area contributed by atoms with E-state index in [0.29, 0.717) is 11.5 Å². The van der Waals surface area contributed by atoms with Crippen LogP contribution in [-0.2, 0) is 15.5 Å². The van der Waals surface area contributed by atoms with E-state index in [1.165, 1.54) is 25.0 Å². The van der Waals surface area contributed by atoms with Crippen molar-refractivity contribution in [1.29, 1.82) is 0 Å². The zero-order valence-electron chi connectivity index (χ0n) is 11.9. The van der Waals surface area contributed by atoms with Gasteiger partial charge in [0.05, 0.1) is 22.0 Å². The van der Waals surface area contributed by atoms with E-state index in [9.17, 15) is 9.00 Å². The molecule has 2 aliphatic rings. The summed E-state index contributed by atoms with van der Waals surface area (Å²) in [6.07, 6.45) is 6.12. The first-order valence-corrected chi connectivity index (χ1v) is 8.69. The molecule has 2 atom stereocenters. The van der Waals surface area contributed by atoms with Gasteiger partial charge in [0.1, 0.15) is 0 Å². The summed E-state index contributed by atoms with van der Waals surface area (Å²) in [4.78, 5) is 11.7. The smallest absolute Gasteiger partial charge is 0.335 e. The standard InChI is InChI=1S/C16H20O4S/c17-15(18)12-4-3-5-13(10-12)21(19)14-6-9-20-16(11-14)7-1-2-8-16/h3-5,10,14H,1-2,6-9,11H2,(H,17,18). The van der Waals surface area contributed by atoms with Crippen LogP contribution in [0.15, 0.2) is 29.2 Å². The molecular weight excluding hydrogens is 288 g/mol. The molecule has 1 N–H and O–H groups in total. The van der Waals surface area contributed by atoms with Crippen LogP contribution in [0.25, 0.3) is 0 Å². The topological polar surface area (TPSA) is 63.6 Å². The number of carboxylic acid groups (broad SMARTS) is 1. The zero-order valence-corrected chi connectivity index (χ0v) is 12.7. The second kappa shape index (κ2) is 5.89. The Hall–Kier alpha value is -1.20. The average molecular weight is 308 g/mol. The summed E-state index contributed by atoms with van der Waals surface area (Å²) in [7, 11) is -1.16. The van der Waals surface area contributed by atoms with E-state index in [1.807, 2.05) is 0 Å². The number of carbonyl (C=O) groups is 1. The summed E-state index contributed by atoms with van der Waals surface area (Å²) in [5, 5.41) is 9.12. The molecule has 5 heteroatoms. The van der Waals surface area contributed by atoms with E-state index in [4.69, 9.17) is 9.84 Å². The lowest BCUT2D eigenvalue weighted by atomic mass is 9.92. The van der Waals surface area contributed by atoms with Crippen LogP contribution < -0.4 is 0 Å². The van der Waals surface area contributed by atoms with Gasteiger partial charge in [0.2, 0.25) is 0 Å². The highest BCUT2D eigenvalue weighted by Crippen LogP contribution is 2.41. The molecule has 2 fully saturated rings. The number of carboxylic acids is 1. The number of ether oxygens (including phenoxy) is 1.